The lowest BCUT2D eigenvalue weighted by molar-refractivity contribution is -0.127. The Labute approximate surface area is 130 Å². The van der Waals surface area contributed by atoms with Crippen LogP contribution in [0.4, 0.5) is 4.79 Å². The number of urea groups is 1. The number of imide groups is 1. The van der Waals surface area contributed by atoms with Crippen LogP contribution in [0.5, 0.6) is 11.5 Å². The molecule has 0 aliphatic rings. The number of rotatable bonds is 3. The van der Waals surface area contributed by atoms with Crippen molar-refractivity contribution in [2.24, 2.45) is 5.73 Å². The third kappa shape index (κ3) is 3.31. The average Bonchev–Trinajstić information content (AvgIpc) is 2.50. The maximum Gasteiger partial charge on any atom is 0.342 e. The molecule has 5 N–H and O–H groups in total. The van der Waals surface area contributed by atoms with Gasteiger partial charge in [0.15, 0.2) is 6.10 Å². The van der Waals surface area contributed by atoms with Crippen molar-refractivity contribution in [2.75, 3.05) is 0 Å². The van der Waals surface area contributed by atoms with Crippen LogP contribution < -0.4 is 11.1 Å². The van der Waals surface area contributed by atoms with Crippen molar-refractivity contribution < 1.29 is 29.3 Å². The molecule has 2 aromatic carbocycles. The van der Waals surface area contributed by atoms with E-state index in [0.29, 0.717) is 5.39 Å². The number of primary amides is 1. The second-order valence-electron chi connectivity index (χ2n) is 4.74. The minimum Gasteiger partial charge on any atom is -0.507 e. The number of phenolic OH excluding ortho intramolecular Hbond substituents is 2. The molecule has 1 atom stereocenters. The van der Waals surface area contributed by atoms with Gasteiger partial charge in [-0.1, -0.05) is 24.3 Å². The maximum atomic E-state index is 12.1. The van der Waals surface area contributed by atoms with Gasteiger partial charge in [0.25, 0.3) is 5.91 Å². The fourth-order valence-electron chi connectivity index (χ4n) is 2.00. The van der Waals surface area contributed by atoms with E-state index < -0.39 is 24.0 Å². The number of amides is 3. The summed E-state index contributed by atoms with van der Waals surface area (Å²) in [6.07, 6.45) is -1.32. The summed E-state index contributed by atoms with van der Waals surface area (Å²) in [4.78, 5) is 34.1. The lowest BCUT2D eigenvalue weighted by Gasteiger charge is -2.14. The Kier molecular flexibility index (Phi) is 4.35. The topological polar surface area (TPSA) is 139 Å². The second kappa shape index (κ2) is 6.22. The molecule has 0 radical (unpaired) electrons. The van der Waals surface area contributed by atoms with E-state index in [1.165, 1.54) is 13.0 Å². The summed E-state index contributed by atoms with van der Waals surface area (Å²) in [5.41, 5.74) is 4.49. The van der Waals surface area contributed by atoms with Gasteiger partial charge in [-0.15, -0.1) is 0 Å². The molecule has 0 spiro atoms. The molecule has 0 aromatic heterocycles. The molecule has 0 heterocycles. The molecule has 0 aliphatic carbocycles. The molecule has 120 valence electrons. The zero-order valence-electron chi connectivity index (χ0n) is 12.1. The van der Waals surface area contributed by atoms with E-state index in [9.17, 15) is 24.6 Å². The molecule has 0 fully saturated rings. The van der Waals surface area contributed by atoms with Crippen molar-refractivity contribution in [3.8, 4) is 11.5 Å². The van der Waals surface area contributed by atoms with Gasteiger partial charge in [0.05, 0.1) is 0 Å². The average molecular weight is 318 g/mol. The predicted molar refractivity (Wildman–Crippen MR) is 79.9 cm³/mol. The first kappa shape index (κ1) is 16.1. The summed E-state index contributed by atoms with van der Waals surface area (Å²) in [6, 6.07) is 6.34. The summed E-state index contributed by atoms with van der Waals surface area (Å²) in [5.74, 6) is -2.54. The number of aromatic hydroxyl groups is 2. The number of hydrogen-bond donors (Lipinski definition) is 4. The Balaban J connectivity index is 2.30. The van der Waals surface area contributed by atoms with Crippen LogP contribution in [0, 0.1) is 0 Å². The largest absolute Gasteiger partial charge is 0.507 e. The standard InChI is InChI=1S/C15H14N2O6/c1-7(13(20)17-15(16)22)23-14(21)10-6-11(18)8-4-2-3-5-9(8)12(10)19/h2-7,18-19H,1H3,(H3,16,17,20,22)/t7-/m1/s1. The first-order valence-corrected chi connectivity index (χ1v) is 6.56. The van der Waals surface area contributed by atoms with Crippen LogP contribution in [-0.2, 0) is 9.53 Å². The first-order valence-electron chi connectivity index (χ1n) is 6.56. The van der Waals surface area contributed by atoms with Gasteiger partial charge in [-0.3, -0.25) is 10.1 Å². The van der Waals surface area contributed by atoms with Crippen LogP contribution in [0.15, 0.2) is 30.3 Å². The third-order valence-corrected chi connectivity index (χ3v) is 3.11. The SMILES string of the molecule is C[C@@H](OC(=O)c1cc(O)c2ccccc2c1O)C(=O)NC(N)=O. The molecule has 2 rings (SSSR count). The molecule has 3 amide bonds. The summed E-state index contributed by atoms with van der Waals surface area (Å²) in [6.45, 7) is 1.23. The van der Waals surface area contributed by atoms with Crippen LogP contribution in [0.3, 0.4) is 0 Å². The van der Waals surface area contributed by atoms with E-state index in [0.717, 1.165) is 6.07 Å². The fourth-order valence-corrected chi connectivity index (χ4v) is 2.00. The molecule has 0 aliphatic heterocycles. The van der Waals surface area contributed by atoms with Crippen LogP contribution in [0.25, 0.3) is 10.8 Å². The van der Waals surface area contributed by atoms with E-state index in [4.69, 9.17) is 10.5 Å². The number of nitrogens with one attached hydrogen (secondary N) is 1. The summed E-state index contributed by atoms with van der Waals surface area (Å²) in [7, 11) is 0. The zero-order chi connectivity index (χ0) is 17.1. The number of esters is 1. The lowest BCUT2D eigenvalue weighted by Crippen LogP contribution is -2.42. The van der Waals surface area contributed by atoms with E-state index in [1.54, 1.807) is 23.5 Å². The number of phenols is 2. The molecular weight excluding hydrogens is 304 g/mol. The Morgan fingerprint density at radius 3 is 2.39 bits per heavy atom. The van der Waals surface area contributed by atoms with Gasteiger partial charge in [0.2, 0.25) is 0 Å². The Bertz CT molecular complexity index is 802. The van der Waals surface area contributed by atoms with E-state index in [2.05, 4.69) is 0 Å². The molecule has 23 heavy (non-hydrogen) atoms. The number of benzene rings is 2. The number of hydrogen-bond acceptors (Lipinski definition) is 6. The molecule has 0 saturated carbocycles. The van der Waals surface area contributed by atoms with Gasteiger partial charge in [0, 0.05) is 10.8 Å². The Morgan fingerprint density at radius 1 is 1.17 bits per heavy atom. The van der Waals surface area contributed by atoms with E-state index >= 15 is 0 Å². The number of carbonyl (C=O) groups is 3. The quantitative estimate of drug-likeness (QED) is 0.491. The van der Waals surface area contributed by atoms with Crippen molar-refractivity contribution in [3.05, 3.63) is 35.9 Å². The minimum absolute atomic E-state index is 0.223. The minimum atomic E-state index is -1.32. The maximum absolute atomic E-state index is 12.1. The van der Waals surface area contributed by atoms with Crippen molar-refractivity contribution >= 4 is 28.7 Å². The van der Waals surface area contributed by atoms with Crippen molar-refractivity contribution in [3.63, 3.8) is 0 Å². The molecule has 0 saturated heterocycles. The summed E-state index contributed by atoms with van der Waals surface area (Å²) < 4.78 is 4.85. The number of carbonyl (C=O) groups excluding carboxylic acids is 3. The van der Waals surface area contributed by atoms with E-state index in [-0.39, 0.29) is 22.4 Å². The van der Waals surface area contributed by atoms with Gasteiger partial charge in [-0.25, -0.2) is 9.59 Å². The highest BCUT2D eigenvalue weighted by Gasteiger charge is 2.23. The lowest BCUT2D eigenvalue weighted by atomic mass is 10.0. The van der Waals surface area contributed by atoms with Gasteiger partial charge < -0.3 is 20.7 Å². The van der Waals surface area contributed by atoms with Gasteiger partial charge >= 0.3 is 12.0 Å². The smallest absolute Gasteiger partial charge is 0.342 e. The molecule has 0 unspecified atom stereocenters. The number of fused-ring (bicyclic) bond motifs is 1. The predicted octanol–water partition coefficient (Wildman–Crippen LogP) is 0.991. The van der Waals surface area contributed by atoms with E-state index in [1.807, 2.05) is 0 Å². The number of ether oxygens (including phenoxy) is 1. The molecule has 2 aromatic rings. The molecule has 8 heteroatoms. The summed E-state index contributed by atoms with van der Waals surface area (Å²) in [5, 5.41) is 22.5. The Hall–Kier alpha value is -3.29. The van der Waals surface area contributed by atoms with Gasteiger partial charge in [0.1, 0.15) is 17.1 Å². The monoisotopic (exact) mass is 318 g/mol. The van der Waals surface area contributed by atoms with Crippen molar-refractivity contribution in [1.82, 2.24) is 5.32 Å². The zero-order valence-corrected chi connectivity index (χ0v) is 12.1. The highest BCUT2D eigenvalue weighted by atomic mass is 16.5. The van der Waals surface area contributed by atoms with Crippen LogP contribution in [0.2, 0.25) is 0 Å². The van der Waals surface area contributed by atoms with Gasteiger partial charge in [-0.2, -0.15) is 0 Å². The molecule has 8 nitrogen and oxygen atoms in total. The van der Waals surface area contributed by atoms with Crippen LogP contribution in [0.1, 0.15) is 17.3 Å². The van der Waals surface area contributed by atoms with Crippen molar-refractivity contribution in [1.29, 1.82) is 0 Å². The molecule has 0 bridgehead atoms. The van der Waals surface area contributed by atoms with Crippen LogP contribution in [-0.4, -0.2) is 34.2 Å². The highest BCUT2D eigenvalue weighted by molar-refractivity contribution is 6.04. The van der Waals surface area contributed by atoms with Crippen molar-refractivity contribution in [2.45, 2.75) is 13.0 Å². The molecular formula is C15H14N2O6. The normalized spacial score (nSPS) is 11.7. The summed E-state index contributed by atoms with van der Waals surface area (Å²) >= 11 is 0. The second-order valence-corrected chi connectivity index (χ2v) is 4.74. The fraction of sp³-hybridized carbons (Fsp3) is 0.133. The van der Waals surface area contributed by atoms with Crippen LogP contribution >= 0.6 is 0 Å². The first-order chi connectivity index (χ1) is 10.8. The third-order valence-electron chi connectivity index (χ3n) is 3.11. The van der Waals surface area contributed by atoms with Gasteiger partial charge in [-0.05, 0) is 13.0 Å². The Morgan fingerprint density at radius 2 is 1.78 bits per heavy atom. The number of nitrogens with two attached hydrogens (primary N) is 1. The highest BCUT2D eigenvalue weighted by Crippen LogP contribution is 2.35.